The summed E-state index contributed by atoms with van der Waals surface area (Å²) in [6, 6.07) is 4.95. The van der Waals surface area contributed by atoms with Gasteiger partial charge in [-0.25, -0.2) is 0 Å². The van der Waals surface area contributed by atoms with Crippen LogP contribution in [0.15, 0.2) is 18.2 Å². The summed E-state index contributed by atoms with van der Waals surface area (Å²) >= 11 is 0. The fraction of sp³-hybridized carbons (Fsp3) is 0.500. The topological polar surface area (TPSA) is 58.6 Å². The first kappa shape index (κ1) is 11.5. The van der Waals surface area contributed by atoms with E-state index in [-0.39, 0.29) is 23.8 Å². The zero-order chi connectivity index (χ0) is 12.7. The van der Waals surface area contributed by atoms with Crippen molar-refractivity contribution in [1.82, 2.24) is 5.32 Å². The number of carbonyl (C=O) groups excluding carboxylic acids is 1. The lowest BCUT2D eigenvalue weighted by Gasteiger charge is -2.20. The number of hydrogen-bond donors (Lipinski definition) is 2. The molecule has 2 saturated heterocycles. The first-order valence-corrected chi connectivity index (χ1v) is 6.39. The number of fused-ring (bicyclic) bond motifs is 2. The summed E-state index contributed by atoms with van der Waals surface area (Å²) in [6.45, 7) is 1.83. The maximum absolute atomic E-state index is 12.2. The van der Waals surface area contributed by atoms with Gasteiger partial charge in [0.05, 0.1) is 18.2 Å². The summed E-state index contributed by atoms with van der Waals surface area (Å²) in [4.78, 5) is 12.2. The molecule has 1 amide bonds. The Hall–Kier alpha value is -1.55. The average Bonchev–Trinajstić information content (AvgIpc) is 2.90. The molecule has 2 fully saturated rings. The average molecular weight is 247 g/mol. The molecule has 2 bridgehead atoms. The van der Waals surface area contributed by atoms with Gasteiger partial charge in [0, 0.05) is 5.56 Å². The third-order valence-corrected chi connectivity index (χ3v) is 3.88. The molecular weight excluding hydrogens is 230 g/mol. The summed E-state index contributed by atoms with van der Waals surface area (Å²) in [5.74, 6) is 0.112. The molecule has 96 valence electrons. The summed E-state index contributed by atoms with van der Waals surface area (Å²) < 4.78 is 5.72. The first-order chi connectivity index (χ1) is 8.63. The Morgan fingerprint density at radius 2 is 2.28 bits per heavy atom. The van der Waals surface area contributed by atoms with Crippen LogP contribution in [0, 0.1) is 6.92 Å². The Morgan fingerprint density at radius 3 is 2.89 bits per heavy atom. The van der Waals surface area contributed by atoms with Gasteiger partial charge in [0.2, 0.25) is 0 Å². The standard InChI is InChI=1S/C14H17NO3/c1-8-6-9(16)2-4-11(8)14(17)15-12-7-10-3-5-13(12)18-10/h2,4,6,10,12-13,16H,3,5,7H2,1H3,(H,15,17). The van der Waals surface area contributed by atoms with Crippen LogP contribution in [-0.2, 0) is 4.74 Å². The third-order valence-electron chi connectivity index (χ3n) is 3.88. The largest absolute Gasteiger partial charge is 0.508 e. The van der Waals surface area contributed by atoms with Crippen LogP contribution in [0.3, 0.4) is 0 Å². The van der Waals surface area contributed by atoms with Crippen LogP contribution in [0.2, 0.25) is 0 Å². The van der Waals surface area contributed by atoms with E-state index >= 15 is 0 Å². The Kier molecular flexibility index (Phi) is 2.74. The predicted molar refractivity (Wildman–Crippen MR) is 66.6 cm³/mol. The van der Waals surface area contributed by atoms with Crippen molar-refractivity contribution in [3.8, 4) is 5.75 Å². The number of rotatable bonds is 2. The number of phenols is 1. The van der Waals surface area contributed by atoms with Crippen molar-refractivity contribution in [2.45, 2.75) is 44.4 Å². The van der Waals surface area contributed by atoms with E-state index in [0.29, 0.717) is 11.7 Å². The van der Waals surface area contributed by atoms with Crippen molar-refractivity contribution in [1.29, 1.82) is 0 Å². The van der Waals surface area contributed by atoms with Gasteiger partial charge >= 0.3 is 0 Å². The monoisotopic (exact) mass is 247 g/mol. The van der Waals surface area contributed by atoms with Gasteiger partial charge in [-0.1, -0.05) is 0 Å². The maximum atomic E-state index is 12.2. The van der Waals surface area contributed by atoms with E-state index < -0.39 is 0 Å². The van der Waals surface area contributed by atoms with Crippen LogP contribution in [0.1, 0.15) is 35.2 Å². The number of aromatic hydroxyl groups is 1. The van der Waals surface area contributed by atoms with Crippen LogP contribution in [0.25, 0.3) is 0 Å². The molecule has 2 N–H and O–H groups in total. The van der Waals surface area contributed by atoms with Gasteiger partial charge in [-0.05, 0) is 49.9 Å². The number of carbonyl (C=O) groups is 1. The molecule has 3 unspecified atom stereocenters. The minimum absolute atomic E-state index is 0.0753. The van der Waals surface area contributed by atoms with Crippen molar-refractivity contribution < 1.29 is 14.6 Å². The number of benzene rings is 1. The van der Waals surface area contributed by atoms with E-state index in [2.05, 4.69) is 5.32 Å². The number of hydrogen-bond acceptors (Lipinski definition) is 3. The number of nitrogens with one attached hydrogen (secondary N) is 1. The zero-order valence-corrected chi connectivity index (χ0v) is 10.3. The molecule has 2 heterocycles. The van der Waals surface area contributed by atoms with Crippen LogP contribution in [0.4, 0.5) is 0 Å². The molecule has 1 aromatic carbocycles. The van der Waals surface area contributed by atoms with Crippen molar-refractivity contribution in [2.24, 2.45) is 0 Å². The molecule has 4 heteroatoms. The molecule has 18 heavy (non-hydrogen) atoms. The quantitative estimate of drug-likeness (QED) is 0.837. The van der Waals surface area contributed by atoms with E-state index in [9.17, 15) is 9.90 Å². The Bertz CT molecular complexity index is 486. The fourth-order valence-corrected chi connectivity index (χ4v) is 2.94. The molecule has 0 saturated carbocycles. The van der Waals surface area contributed by atoms with E-state index in [1.165, 1.54) is 0 Å². The summed E-state index contributed by atoms with van der Waals surface area (Å²) in [6.07, 6.45) is 3.62. The van der Waals surface area contributed by atoms with Crippen LogP contribution in [0.5, 0.6) is 5.75 Å². The molecule has 0 radical (unpaired) electrons. The second-order valence-electron chi connectivity index (χ2n) is 5.19. The molecule has 2 aliphatic heterocycles. The SMILES string of the molecule is Cc1cc(O)ccc1C(=O)NC1CC2CCC1O2. The highest BCUT2D eigenvalue weighted by Crippen LogP contribution is 2.34. The van der Waals surface area contributed by atoms with Gasteiger partial charge in [0.15, 0.2) is 0 Å². The normalized spacial score (nSPS) is 29.5. The molecule has 1 aromatic rings. The van der Waals surface area contributed by atoms with E-state index in [1.807, 2.05) is 6.92 Å². The molecular formula is C14H17NO3. The van der Waals surface area contributed by atoms with E-state index in [0.717, 1.165) is 24.8 Å². The van der Waals surface area contributed by atoms with Crippen molar-refractivity contribution in [2.75, 3.05) is 0 Å². The summed E-state index contributed by atoms with van der Waals surface area (Å²) in [5.41, 5.74) is 1.41. The number of phenolic OH excluding ortho intramolecular Hbond substituents is 1. The Labute approximate surface area is 106 Å². The van der Waals surface area contributed by atoms with Gasteiger partial charge in [0.1, 0.15) is 5.75 Å². The second-order valence-corrected chi connectivity index (χ2v) is 5.19. The lowest BCUT2D eigenvalue weighted by atomic mass is 9.95. The number of aryl methyl sites for hydroxylation is 1. The Balaban J connectivity index is 1.71. The maximum Gasteiger partial charge on any atom is 0.251 e. The van der Waals surface area contributed by atoms with Crippen molar-refractivity contribution >= 4 is 5.91 Å². The lowest BCUT2D eigenvalue weighted by Crippen LogP contribution is -2.41. The van der Waals surface area contributed by atoms with Gasteiger partial charge in [-0.3, -0.25) is 4.79 Å². The highest BCUT2D eigenvalue weighted by molar-refractivity contribution is 5.96. The molecule has 2 aliphatic rings. The summed E-state index contributed by atoms with van der Waals surface area (Å²) in [5, 5.41) is 12.4. The van der Waals surface area contributed by atoms with Crippen LogP contribution < -0.4 is 5.32 Å². The van der Waals surface area contributed by atoms with Gasteiger partial charge in [-0.15, -0.1) is 0 Å². The van der Waals surface area contributed by atoms with E-state index in [1.54, 1.807) is 18.2 Å². The molecule has 0 aliphatic carbocycles. The summed E-state index contributed by atoms with van der Waals surface area (Å²) in [7, 11) is 0. The number of ether oxygens (including phenoxy) is 1. The first-order valence-electron chi connectivity index (χ1n) is 6.39. The third kappa shape index (κ3) is 1.97. The molecule has 4 nitrogen and oxygen atoms in total. The predicted octanol–water partition coefficient (Wildman–Crippen LogP) is 1.75. The lowest BCUT2D eigenvalue weighted by molar-refractivity contribution is 0.0840. The smallest absolute Gasteiger partial charge is 0.251 e. The van der Waals surface area contributed by atoms with E-state index in [4.69, 9.17) is 4.74 Å². The molecule has 3 rings (SSSR count). The van der Waals surface area contributed by atoms with Crippen LogP contribution >= 0.6 is 0 Å². The Morgan fingerprint density at radius 1 is 1.44 bits per heavy atom. The highest BCUT2D eigenvalue weighted by atomic mass is 16.5. The van der Waals surface area contributed by atoms with Crippen molar-refractivity contribution in [3.05, 3.63) is 29.3 Å². The molecule has 0 spiro atoms. The van der Waals surface area contributed by atoms with Gasteiger partial charge < -0.3 is 15.2 Å². The van der Waals surface area contributed by atoms with Crippen molar-refractivity contribution in [3.63, 3.8) is 0 Å². The van der Waals surface area contributed by atoms with Gasteiger partial charge in [-0.2, -0.15) is 0 Å². The molecule has 3 atom stereocenters. The van der Waals surface area contributed by atoms with Crippen LogP contribution in [-0.4, -0.2) is 29.3 Å². The second kappa shape index (κ2) is 4.28. The highest BCUT2D eigenvalue weighted by Gasteiger charge is 2.41. The fourth-order valence-electron chi connectivity index (χ4n) is 2.94. The minimum atomic E-state index is -0.0753. The molecule has 0 aromatic heterocycles. The minimum Gasteiger partial charge on any atom is -0.508 e. The van der Waals surface area contributed by atoms with Gasteiger partial charge in [0.25, 0.3) is 5.91 Å². The number of amides is 1. The zero-order valence-electron chi connectivity index (χ0n) is 10.3.